The van der Waals surface area contributed by atoms with Crippen molar-refractivity contribution in [2.45, 2.75) is 42.6 Å². The predicted octanol–water partition coefficient (Wildman–Crippen LogP) is 2.36. The zero-order valence-corrected chi connectivity index (χ0v) is 19.3. The Morgan fingerprint density at radius 2 is 1.78 bits per heavy atom. The minimum atomic E-state index is -3.95. The molecule has 0 spiro atoms. The van der Waals surface area contributed by atoms with Crippen molar-refractivity contribution in [1.82, 2.24) is 14.3 Å². The first-order chi connectivity index (χ1) is 15.1. The smallest absolute Gasteiger partial charge is 0.264 e. The standard InChI is InChI=1S/C21H22N4O5S2/c1-4-25-20(28)17-7-5-6-8-18(17)23-21(25)31-13(2)19(27)22-15-9-11-16(12-10-15)32(29,30)24-14(3)26/h5-13H,4H2,1-3H3,(H,22,27)(H,24,26). The Hall–Kier alpha value is -3.18. The Kier molecular flexibility index (Phi) is 6.99. The van der Waals surface area contributed by atoms with Crippen LogP contribution in [0, 0.1) is 0 Å². The molecule has 0 bridgehead atoms. The quantitative estimate of drug-likeness (QED) is 0.397. The third-order valence-electron chi connectivity index (χ3n) is 4.50. The van der Waals surface area contributed by atoms with Crippen LogP contribution in [-0.2, 0) is 26.2 Å². The second-order valence-electron chi connectivity index (χ2n) is 6.90. The van der Waals surface area contributed by atoms with Crippen molar-refractivity contribution in [3.63, 3.8) is 0 Å². The number of carbonyl (C=O) groups is 2. The highest BCUT2D eigenvalue weighted by Crippen LogP contribution is 2.24. The van der Waals surface area contributed by atoms with Crippen LogP contribution in [0.2, 0.25) is 0 Å². The second-order valence-corrected chi connectivity index (χ2v) is 9.89. The molecule has 0 aliphatic heterocycles. The van der Waals surface area contributed by atoms with Crippen molar-refractivity contribution in [1.29, 1.82) is 0 Å². The van der Waals surface area contributed by atoms with E-state index in [1.807, 2.05) is 11.6 Å². The van der Waals surface area contributed by atoms with Gasteiger partial charge < -0.3 is 5.32 Å². The fourth-order valence-corrected chi connectivity index (χ4v) is 4.90. The van der Waals surface area contributed by atoms with Crippen molar-refractivity contribution < 1.29 is 18.0 Å². The van der Waals surface area contributed by atoms with Crippen LogP contribution in [0.3, 0.4) is 0 Å². The second kappa shape index (κ2) is 9.53. The zero-order chi connectivity index (χ0) is 23.5. The lowest BCUT2D eigenvalue weighted by atomic mass is 10.2. The topological polar surface area (TPSA) is 127 Å². The van der Waals surface area contributed by atoms with Crippen LogP contribution in [0.5, 0.6) is 0 Å². The number of anilines is 1. The highest BCUT2D eigenvalue weighted by Gasteiger charge is 2.20. The largest absolute Gasteiger partial charge is 0.325 e. The van der Waals surface area contributed by atoms with E-state index in [0.717, 1.165) is 18.7 Å². The van der Waals surface area contributed by atoms with E-state index in [4.69, 9.17) is 0 Å². The number of thioether (sulfide) groups is 1. The molecule has 0 aliphatic rings. The first kappa shape index (κ1) is 23.5. The van der Waals surface area contributed by atoms with E-state index in [1.54, 1.807) is 31.2 Å². The third-order valence-corrected chi connectivity index (χ3v) is 7.04. The van der Waals surface area contributed by atoms with E-state index in [-0.39, 0.29) is 16.4 Å². The summed E-state index contributed by atoms with van der Waals surface area (Å²) in [6, 6.07) is 12.5. The molecule has 1 atom stereocenters. The fraction of sp³-hybridized carbons (Fsp3) is 0.238. The lowest BCUT2D eigenvalue weighted by molar-refractivity contribution is -0.117. The van der Waals surface area contributed by atoms with E-state index in [9.17, 15) is 22.8 Å². The molecular formula is C21H22N4O5S2. The van der Waals surface area contributed by atoms with Gasteiger partial charge in [-0.05, 0) is 50.2 Å². The number of hydrogen-bond acceptors (Lipinski definition) is 7. The van der Waals surface area contributed by atoms with E-state index >= 15 is 0 Å². The van der Waals surface area contributed by atoms with Gasteiger partial charge in [0.05, 0.1) is 21.0 Å². The molecule has 1 heterocycles. The molecule has 1 aromatic heterocycles. The van der Waals surface area contributed by atoms with Crippen molar-refractivity contribution in [2.75, 3.05) is 5.32 Å². The summed E-state index contributed by atoms with van der Waals surface area (Å²) in [5.74, 6) is -1.03. The molecule has 0 radical (unpaired) electrons. The molecule has 1 unspecified atom stereocenters. The average Bonchev–Trinajstić information content (AvgIpc) is 2.73. The van der Waals surface area contributed by atoms with Gasteiger partial charge in [-0.15, -0.1) is 0 Å². The number of nitrogens with zero attached hydrogens (tertiary/aromatic N) is 2. The van der Waals surface area contributed by atoms with Gasteiger partial charge >= 0.3 is 0 Å². The SMILES string of the molecule is CCn1c(SC(C)C(=O)Nc2ccc(S(=O)(=O)NC(C)=O)cc2)nc2ccccc2c1=O. The Labute approximate surface area is 189 Å². The van der Waals surface area contributed by atoms with Crippen LogP contribution in [0.1, 0.15) is 20.8 Å². The van der Waals surface area contributed by atoms with E-state index < -0.39 is 21.2 Å². The summed E-state index contributed by atoms with van der Waals surface area (Å²) in [7, 11) is -3.95. The Bertz CT molecular complexity index is 1330. The van der Waals surface area contributed by atoms with E-state index in [0.29, 0.717) is 28.3 Å². The summed E-state index contributed by atoms with van der Waals surface area (Å²) in [6.07, 6.45) is 0. The molecule has 9 nitrogen and oxygen atoms in total. The third kappa shape index (κ3) is 5.17. The summed E-state index contributed by atoms with van der Waals surface area (Å²) >= 11 is 1.16. The molecule has 0 aliphatic carbocycles. The number of sulfonamides is 1. The molecule has 168 valence electrons. The fourth-order valence-electron chi connectivity index (χ4n) is 2.94. The Morgan fingerprint density at radius 1 is 1.12 bits per heavy atom. The van der Waals surface area contributed by atoms with Crippen LogP contribution in [0.25, 0.3) is 10.9 Å². The first-order valence-electron chi connectivity index (χ1n) is 9.73. The minimum absolute atomic E-state index is 0.0968. The highest BCUT2D eigenvalue weighted by atomic mass is 32.2. The van der Waals surface area contributed by atoms with Crippen molar-refractivity contribution in [3.8, 4) is 0 Å². The van der Waals surface area contributed by atoms with Crippen molar-refractivity contribution >= 4 is 50.2 Å². The van der Waals surface area contributed by atoms with Gasteiger partial charge in [-0.1, -0.05) is 23.9 Å². The van der Waals surface area contributed by atoms with Crippen LogP contribution >= 0.6 is 11.8 Å². The minimum Gasteiger partial charge on any atom is -0.325 e. The molecule has 2 aromatic carbocycles. The number of para-hydroxylation sites is 1. The summed E-state index contributed by atoms with van der Waals surface area (Å²) in [6.45, 7) is 5.05. The van der Waals surface area contributed by atoms with E-state index in [2.05, 4.69) is 10.3 Å². The van der Waals surface area contributed by atoms with Gasteiger partial charge in [-0.2, -0.15) is 0 Å². The van der Waals surface area contributed by atoms with Crippen LogP contribution < -0.4 is 15.6 Å². The van der Waals surface area contributed by atoms with Crippen LogP contribution in [0.15, 0.2) is 63.4 Å². The van der Waals surface area contributed by atoms with Gasteiger partial charge in [-0.25, -0.2) is 18.1 Å². The van der Waals surface area contributed by atoms with Gasteiger partial charge in [0.1, 0.15) is 0 Å². The monoisotopic (exact) mass is 474 g/mol. The van der Waals surface area contributed by atoms with Crippen LogP contribution in [-0.4, -0.2) is 35.0 Å². The van der Waals surface area contributed by atoms with Crippen molar-refractivity contribution in [3.05, 3.63) is 58.9 Å². The van der Waals surface area contributed by atoms with E-state index in [1.165, 1.54) is 28.8 Å². The maximum absolute atomic E-state index is 12.7. The summed E-state index contributed by atoms with van der Waals surface area (Å²) < 4.78 is 27.4. The lowest BCUT2D eigenvalue weighted by Crippen LogP contribution is -2.28. The normalized spacial score (nSPS) is 12.3. The Balaban J connectivity index is 1.76. The van der Waals surface area contributed by atoms with Gasteiger partial charge in [0.2, 0.25) is 11.8 Å². The maximum Gasteiger partial charge on any atom is 0.264 e. The molecule has 0 fully saturated rings. The van der Waals surface area contributed by atoms with Gasteiger partial charge in [0, 0.05) is 19.2 Å². The summed E-state index contributed by atoms with van der Waals surface area (Å²) in [5, 5.41) is 3.09. The number of carbonyl (C=O) groups excluding carboxylic acids is 2. The molecule has 3 rings (SSSR count). The molecule has 32 heavy (non-hydrogen) atoms. The molecule has 2 N–H and O–H groups in total. The molecule has 0 saturated carbocycles. The maximum atomic E-state index is 12.7. The van der Waals surface area contributed by atoms with Gasteiger partial charge in [-0.3, -0.25) is 19.0 Å². The molecule has 0 saturated heterocycles. The molecule has 3 aromatic rings. The first-order valence-corrected chi connectivity index (χ1v) is 12.1. The van der Waals surface area contributed by atoms with Gasteiger partial charge in [0.25, 0.3) is 15.6 Å². The number of hydrogen-bond donors (Lipinski definition) is 2. The number of nitrogens with one attached hydrogen (secondary N) is 2. The molecular weight excluding hydrogens is 452 g/mol. The van der Waals surface area contributed by atoms with Crippen LogP contribution in [0.4, 0.5) is 5.69 Å². The highest BCUT2D eigenvalue weighted by molar-refractivity contribution is 8.00. The van der Waals surface area contributed by atoms with Gasteiger partial charge in [0.15, 0.2) is 5.16 Å². The van der Waals surface area contributed by atoms with Crippen molar-refractivity contribution in [2.24, 2.45) is 0 Å². The summed E-state index contributed by atoms with van der Waals surface area (Å²) in [4.78, 5) is 40.9. The average molecular weight is 475 g/mol. The zero-order valence-electron chi connectivity index (χ0n) is 17.7. The lowest BCUT2D eigenvalue weighted by Gasteiger charge is -2.15. The number of aromatic nitrogens is 2. The molecule has 11 heteroatoms. The Morgan fingerprint density at radius 3 is 2.41 bits per heavy atom. The number of amides is 2. The predicted molar refractivity (Wildman–Crippen MR) is 123 cm³/mol. The number of fused-ring (bicyclic) bond motifs is 1. The molecule has 2 amide bonds. The number of rotatable bonds is 7. The number of benzene rings is 2. The summed E-state index contributed by atoms with van der Waals surface area (Å²) in [5.41, 5.74) is 0.793.